The van der Waals surface area contributed by atoms with Crippen molar-refractivity contribution in [3.05, 3.63) is 70.6 Å². The number of amides is 1. The minimum atomic E-state index is 0.0385. The fourth-order valence-corrected chi connectivity index (χ4v) is 5.30. The molecule has 164 valence electrons. The highest BCUT2D eigenvalue weighted by molar-refractivity contribution is 6.33. The van der Waals surface area contributed by atoms with Gasteiger partial charge in [-0.05, 0) is 68.9 Å². The number of anilines is 1. The number of rotatable bonds is 4. The molecule has 1 aromatic carbocycles. The average Bonchev–Trinajstić information content (AvgIpc) is 2.81. The van der Waals surface area contributed by atoms with Crippen molar-refractivity contribution in [3.63, 3.8) is 0 Å². The molecule has 3 atom stereocenters. The summed E-state index contributed by atoms with van der Waals surface area (Å²) in [5, 5.41) is 4.15. The van der Waals surface area contributed by atoms with E-state index in [1.54, 1.807) is 18.5 Å². The Labute approximate surface area is 193 Å². The maximum Gasteiger partial charge on any atom is 0.254 e. The lowest BCUT2D eigenvalue weighted by Gasteiger charge is -2.50. The van der Waals surface area contributed by atoms with Gasteiger partial charge in [-0.15, -0.1) is 0 Å². The van der Waals surface area contributed by atoms with E-state index in [1.165, 1.54) is 0 Å². The summed E-state index contributed by atoms with van der Waals surface area (Å²) in [6.07, 6.45) is 8.37. The summed E-state index contributed by atoms with van der Waals surface area (Å²) in [5.74, 6) is 1.77. The molecule has 1 aliphatic carbocycles. The largest absolute Gasteiger partial charge is 0.364 e. The van der Waals surface area contributed by atoms with E-state index < -0.39 is 0 Å². The van der Waals surface area contributed by atoms with Crippen LogP contribution >= 0.6 is 11.6 Å². The Balaban J connectivity index is 1.45. The molecule has 3 aromatic rings. The summed E-state index contributed by atoms with van der Waals surface area (Å²) in [6, 6.07) is 9.80. The smallest absolute Gasteiger partial charge is 0.254 e. The molecule has 2 aliphatic heterocycles. The predicted octanol–water partition coefficient (Wildman–Crippen LogP) is 4.91. The molecule has 1 saturated carbocycles. The van der Waals surface area contributed by atoms with Gasteiger partial charge in [-0.25, -0.2) is 15.0 Å². The summed E-state index contributed by atoms with van der Waals surface area (Å²) in [6.45, 7) is 4.77. The van der Waals surface area contributed by atoms with E-state index in [2.05, 4.69) is 20.3 Å². The molecular formula is C25H26ClN5O. The third kappa shape index (κ3) is 3.95. The fourth-order valence-electron chi connectivity index (χ4n) is 5.02. The average molecular weight is 448 g/mol. The third-order valence-electron chi connectivity index (χ3n) is 6.55. The van der Waals surface area contributed by atoms with Crippen molar-refractivity contribution in [2.24, 2.45) is 5.92 Å². The summed E-state index contributed by atoms with van der Waals surface area (Å²) in [7, 11) is 0. The molecule has 1 amide bonds. The summed E-state index contributed by atoms with van der Waals surface area (Å²) in [5.41, 5.74) is 3.53. The van der Waals surface area contributed by atoms with Crippen molar-refractivity contribution in [2.75, 3.05) is 11.9 Å². The number of pyridine rings is 1. The van der Waals surface area contributed by atoms with Gasteiger partial charge in [0.1, 0.15) is 5.82 Å². The first-order chi connectivity index (χ1) is 15.5. The lowest BCUT2D eigenvalue weighted by Crippen LogP contribution is -2.59. The van der Waals surface area contributed by atoms with Crippen LogP contribution in [-0.4, -0.2) is 44.4 Å². The second-order valence-corrected chi connectivity index (χ2v) is 9.33. The molecule has 2 saturated heterocycles. The number of hydrogen-bond acceptors (Lipinski definition) is 5. The molecule has 0 spiro atoms. The Bertz CT molecular complexity index is 1150. The van der Waals surface area contributed by atoms with Crippen LogP contribution in [0.25, 0.3) is 11.4 Å². The minimum absolute atomic E-state index is 0.0385. The molecule has 0 radical (unpaired) electrons. The maximum absolute atomic E-state index is 13.8. The first-order valence-electron chi connectivity index (χ1n) is 11.1. The Morgan fingerprint density at radius 1 is 1.09 bits per heavy atom. The van der Waals surface area contributed by atoms with Gasteiger partial charge in [-0.3, -0.25) is 4.79 Å². The van der Waals surface area contributed by atoms with Crippen LogP contribution in [0.4, 0.5) is 5.82 Å². The van der Waals surface area contributed by atoms with Gasteiger partial charge < -0.3 is 10.2 Å². The molecule has 3 fully saturated rings. The van der Waals surface area contributed by atoms with E-state index >= 15 is 0 Å². The summed E-state index contributed by atoms with van der Waals surface area (Å²) < 4.78 is 0. The standard InChI is InChI=1S/C25H26ClN5O/c1-15-4-6-18(19(10-15)23-27-8-3-9-28-23)25(32)31-14-17-5-7-22(31)21(12-17)30-24-20(26)11-16(2)13-29-24/h3-4,6,8-11,13,17,21-22H,5,7,12,14H2,1-2H3,(H,29,30). The number of halogens is 1. The lowest BCUT2D eigenvalue weighted by atomic mass is 9.76. The second-order valence-electron chi connectivity index (χ2n) is 8.92. The van der Waals surface area contributed by atoms with Crippen molar-refractivity contribution in [1.29, 1.82) is 0 Å². The number of nitrogens with one attached hydrogen (secondary N) is 1. The Hall–Kier alpha value is -2.99. The van der Waals surface area contributed by atoms with Gasteiger partial charge >= 0.3 is 0 Å². The van der Waals surface area contributed by atoms with Crippen molar-refractivity contribution in [3.8, 4) is 11.4 Å². The van der Waals surface area contributed by atoms with Crippen molar-refractivity contribution in [2.45, 2.75) is 45.2 Å². The van der Waals surface area contributed by atoms with Crippen LogP contribution < -0.4 is 5.32 Å². The Morgan fingerprint density at radius 3 is 2.66 bits per heavy atom. The van der Waals surface area contributed by atoms with Gasteiger partial charge in [0.25, 0.3) is 5.91 Å². The monoisotopic (exact) mass is 447 g/mol. The Kier molecular flexibility index (Phi) is 5.55. The molecule has 2 aromatic heterocycles. The van der Waals surface area contributed by atoms with Crippen LogP contribution in [0.15, 0.2) is 48.9 Å². The normalized spacial score (nSPS) is 22.1. The number of nitrogens with zero attached hydrogens (tertiary/aromatic N) is 4. The zero-order chi connectivity index (χ0) is 22.2. The van der Waals surface area contributed by atoms with Gasteiger partial charge in [-0.1, -0.05) is 23.2 Å². The quantitative estimate of drug-likeness (QED) is 0.615. The molecule has 2 bridgehead atoms. The van der Waals surface area contributed by atoms with E-state index in [9.17, 15) is 4.79 Å². The summed E-state index contributed by atoms with van der Waals surface area (Å²) >= 11 is 6.43. The number of fused-ring (bicyclic) bond motifs is 3. The van der Waals surface area contributed by atoms with Crippen LogP contribution in [-0.2, 0) is 0 Å². The van der Waals surface area contributed by atoms with Crippen LogP contribution in [0.2, 0.25) is 5.02 Å². The third-order valence-corrected chi connectivity index (χ3v) is 6.84. The molecule has 6 rings (SSSR count). The van der Waals surface area contributed by atoms with Gasteiger partial charge in [0.2, 0.25) is 0 Å². The molecule has 3 aliphatic rings. The van der Waals surface area contributed by atoms with Gasteiger partial charge in [0.05, 0.1) is 16.6 Å². The molecule has 7 heteroatoms. The van der Waals surface area contributed by atoms with E-state index in [-0.39, 0.29) is 18.0 Å². The number of carbonyl (C=O) groups excluding carboxylic acids is 1. The summed E-state index contributed by atoms with van der Waals surface area (Å²) in [4.78, 5) is 29.1. The topological polar surface area (TPSA) is 71.0 Å². The number of benzene rings is 1. The second kappa shape index (κ2) is 8.51. The number of hydrogen-bond donors (Lipinski definition) is 1. The van der Waals surface area contributed by atoms with Gasteiger partial charge in [0.15, 0.2) is 5.82 Å². The van der Waals surface area contributed by atoms with Crippen LogP contribution in [0.5, 0.6) is 0 Å². The van der Waals surface area contributed by atoms with Crippen LogP contribution in [0, 0.1) is 19.8 Å². The molecular weight excluding hydrogens is 422 g/mol. The highest BCUT2D eigenvalue weighted by atomic mass is 35.5. The van der Waals surface area contributed by atoms with E-state index in [4.69, 9.17) is 11.6 Å². The zero-order valence-corrected chi connectivity index (χ0v) is 19.0. The number of aryl methyl sites for hydroxylation is 2. The van der Waals surface area contributed by atoms with Crippen LogP contribution in [0.3, 0.4) is 0 Å². The number of aromatic nitrogens is 3. The minimum Gasteiger partial charge on any atom is -0.364 e. The van der Waals surface area contributed by atoms with E-state index in [1.807, 2.05) is 49.2 Å². The number of carbonyl (C=O) groups is 1. The lowest BCUT2D eigenvalue weighted by molar-refractivity contribution is 0.0282. The first-order valence-corrected chi connectivity index (χ1v) is 11.4. The van der Waals surface area contributed by atoms with Crippen LogP contribution in [0.1, 0.15) is 40.7 Å². The first kappa shape index (κ1) is 20.9. The van der Waals surface area contributed by atoms with Crippen molar-refractivity contribution >= 4 is 23.3 Å². The van der Waals surface area contributed by atoms with E-state index in [0.717, 1.165) is 42.5 Å². The molecule has 6 nitrogen and oxygen atoms in total. The van der Waals surface area contributed by atoms with Crippen molar-refractivity contribution in [1.82, 2.24) is 19.9 Å². The van der Waals surface area contributed by atoms with Gasteiger partial charge in [0, 0.05) is 36.7 Å². The Morgan fingerprint density at radius 2 is 1.91 bits per heavy atom. The highest BCUT2D eigenvalue weighted by Crippen LogP contribution is 2.39. The van der Waals surface area contributed by atoms with Gasteiger partial charge in [-0.2, -0.15) is 0 Å². The zero-order valence-electron chi connectivity index (χ0n) is 18.3. The molecule has 32 heavy (non-hydrogen) atoms. The highest BCUT2D eigenvalue weighted by Gasteiger charge is 2.43. The van der Waals surface area contributed by atoms with E-state index in [0.29, 0.717) is 28.1 Å². The molecule has 3 unspecified atom stereocenters. The maximum atomic E-state index is 13.8. The number of piperidine rings is 2. The van der Waals surface area contributed by atoms with Crippen molar-refractivity contribution < 1.29 is 4.79 Å². The molecule has 4 heterocycles. The fraction of sp³-hybridized carbons (Fsp3) is 0.360. The molecule has 1 N–H and O–H groups in total. The predicted molar refractivity (Wildman–Crippen MR) is 126 cm³/mol. The SMILES string of the molecule is Cc1cnc(NC2CC3CCC2N(C(=O)c2ccc(C)cc2-c2ncccn2)C3)c(Cl)c1.